The predicted molar refractivity (Wildman–Crippen MR) is 69.3 cm³/mol. The van der Waals surface area contributed by atoms with Gasteiger partial charge >= 0.3 is 6.18 Å². The lowest BCUT2D eigenvalue weighted by Crippen LogP contribution is -2.58. The van der Waals surface area contributed by atoms with Gasteiger partial charge in [0.25, 0.3) is 5.91 Å². The second kappa shape index (κ2) is 6.30. The molecule has 0 aromatic rings. The molecule has 0 bridgehead atoms. The lowest BCUT2D eigenvalue weighted by molar-refractivity contribution is -0.125. The Bertz CT molecular complexity index is 493. The van der Waals surface area contributed by atoms with Crippen LogP contribution < -0.4 is 16.0 Å². The highest BCUT2D eigenvalue weighted by Gasteiger charge is 2.34. The van der Waals surface area contributed by atoms with Crippen molar-refractivity contribution in [2.24, 2.45) is 0 Å². The molecule has 2 aliphatic rings. The fourth-order valence-corrected chi connectivity index (χ4v) is 2.02. The van der Waals surface area contributed by atoms with Gasteiger partial charge in [0.1, 0.15) is 0 Å². The van der Waals surface area contributed by atoms with Crippen molar-refractivity contribution in [1.29, 1.82) is 0 Å². The Hall–Kier alpha value is -1.83. The minimum Gasteiger partial charge on any atom is -0.349 e. The van der Waals surface area contributed by atoms with Crippen LogP contribution in [0.15, 0.2) is 23.3 Å². The molecule has 0 aromatic carbocycles. The summed E-state index contributed by atoms with van der Waals surface area (Å²) in [7, 11) is 0. The van der Waals surface area contributed by atoms with Gasteiger partial charge in [0.15, 0.2) is 0 Å². The molecule has 1 fully saturated rings. The van der Waals surface area contributed by atoms with Gasteiger partial charge in [0.2, 0.25) is 5.91 Å². The van der Waals surface area contributed by atoms with E-state index >= 15 is 0 Å². The van der Waals surface area contributed by atoms with E-state index < -0.39 is 17.7 Å². The molecule has 0 aromatic heterocycles. The maximum Gasteiger partial charge on any atom is 0.412 e. The molecule has 1 aliphatic heterocycles. The summed E-state index contributed by atoms with van der Waals surface area (Å²) < 4.78 is 37.8. The smallest absolute Gasteiger partial charge is 0.349 e. The van der Waals surface area contributed by atoms with Crippen LogP contribution in [-0.2, 0) is 9.59 Å². The number of carbonyl (C=O) groups is 2. The van der Waals surface area contributed by atoms with Crippen LogP contribution in [0.3, 0.4) is 0 Å². The third kappa shape index (κ3) is 4.32. The zero-order valence-corrected chi connectivity index (χ0v) is 11.2. The molecule has 1 aliphatic carbocycles. The Labute approximate surface area is 119 Å². The van der Waals surface area contributed by atoms with Crippen molar-refractivity contribution >= 4 is 11.8 Å². The van der Waals surface area contributed by atoms with Gasteiger partial charge in [0.05, 0.1) is 12.6 Å². The molecule has 3 N–H and O–H groups in total. The highest BCUT2D eigenvalue weighted by atomic mass is 19.4. The van der Waals surface area contributed by atoms with Crippen LogP contribution in [0.5, 0.6) is 0 Å². The van der Waals surface area contributed by atoms with E-state index in [1.165, 1.54) is 6.08 Å². The zero-order valence-electron chi connectivity index (χ0n) is 11.2. The number of amides is 2. The first-order valence-electron chi connectivity index (χ1n) is 6.62. The van der Waals surface area contributed by atoms with Gasteiger partial charge < -0.3 is 16.0 Å². The lowest BCUT2D eigenvalue weighted by Gasteiger charge is -2.27. The summed E-state index contributed by atoms with van der Waals surface area (Å²) in [5.74, 6) is -1.02. The summed E-state index contributed by atoms with van der Waals surface area (Å²) in [5, 5.41) is 7.98. The topological polar surface area (TPSA) is 70.2 Å². The van der Waals surface area contributed by atoms with E-state index in [1.807, 2.05) is 0 Å². The Kier molecular flexibility index (Phi) is 4.66. The van der Waals surface area contributed by atoms with E-state index in [-0.39, 0.29) is 36.9 Å². The summed E-state index contributed by atoms with van der Waals surface area (Å²) in [6.07, 6.45) is -2.11. The minimum absolute atomic E-state index is 0.0494. The SMILES string of the molecule is O=C(CNC(=O)C1=CCCC(C(F)(F)F)=C1)NC1CNC1. The fourth-order valence-electron chi connectivity index (χ4n) is 2.02. The van der Waals surface area contributed by atoms with Crippen LogP contribution in [-0.4, -0.2) is 43.7 Å². The quantitative estimate of drug-likeness (QED) is 0.704. The monoisotopic (exact) mass is 303 g/mol. The third-order valence-electron chi connectivity index (χ3n) is 3.29. The normalized spacial score (nSPS) is 19.2. The van der Waals surface area contributed by atoms with Gasteiger partial charge in [0, 0.05) is 24.2 Å². The molecule has 0 unspecified atom stereocenters. The maximum atomic E-state index is 12.6. The number of rotatable bonds is 4. The van der Waals surface area contributed by atoms with Gasteiger partial charge in [-0.2, -0.15) is 13.2 Å². The van der Waals surface area contributed by atoms with Gasteiger partial charge in [-0.25, -0.2) is 0 Å². The number of carbonyl (C=O) groups excluding carboxylic acids is 2. The number of alkyl halides is 3. The molecule has 1 heterocycles. The largest absolute Gasteiger partial charge is 0.412 e. The molecule has 21 heavy (non-hydrogen) atoms. The third-order valence-corrected chi connectivity index (χ3v) is 3.29. The number of nitrogens with one attached hydrogen (secondary N) is 3. The molecular weight excluding hydrogens is 287 g/mol. The standard InChI is InChI=1S/C13H16F3N3O2/c14-13(15,16)9-3-1-2-8(4-9)12(21)18-7-11(20)19-10-5-17-6-10/h2,4,10,17H,1,3,5-7H2,(H,18,21)(H,19,20). The summed E-state index contributed by atoms with van der Waals surface area (Å²) in [5.41, 5.74) is -0.771. The van der Waals surface area contributed by atoms with E-state index in [0.717, 1.165) is 6.08 Å². The second-order valence-corrected chi connectivity index (χ2v) is 4.97. The van der Waals surface area contributed by atoms with E-state index in [0.29, 0.717) is 13.1 Å². The average Bonchev–Trinajstić information content (AvgIpc) is 2.39. The first-order chi connectivity index (χ1) is 9.86. The first kappa shape index (κ1) is 15.6. The molecule has 116 valence electrons. The number of hydrogen-bond acceptors (Lipinski definition) is 3. The molecule has 5 nitrogen and oxygen atoms in total. The summed E-state index contributed by atoms with van der Waals surface area (Å²) >= 11 is 0. The fraction of sp³-hybridized carbons (Fsp3) is 0.538. The predicted octanol–water partition coefficient (Wildman–Crippen LogP) is 0.400. The van der Waals surface area contributed by atoms with Crippen LogP contribution >= 0.6 is 0 Å². The Morgan fingerprint density at radius 3 is 2.62 bits per heavy atom. The highest BCUT2D eigenvalue weighted by molar-refractivity contribution is 5.98. The van der Waals surface area contributed by atoms with Crippen LogP contribution in [0.4, 0.5) is 13.2 Å². The number of allylic oxidation sites excluding steroid dienone is 2. The zero-order chi connectivity index (χ0) is 15.5. The van der Waals surface area contributed by atoms with Crippen molar-refractivity contribution in [3.8, 4) is 0 Å². The summed E-state index contributed by atoms with van der Waals surface area (Å²) in [6, 6.07) is 0.0556. The van der Waals surface area contributed by atoms with Crippen molar-refractivity contribution < 1.29 is 22.8 Å². The summed E-state index contributed by atoms with van der Waals surface area (Å²) in [4.78, 5) is 23.2. The second-order valence-electron chi connectivity index (χ2n) is 4.97. The molecule has 2 rings (SSSR count). The van der Waals surface area contributed by atoms with Crippen molar-refractivity contribution in [3.05, 3.63) is 23.3 Å². The summed E-state index contributed by atoms with van der Waals surface area (Å²) in [6.45, 7) is 1.12. The Morgan fingerprint density at radius 2 is 2.05 bits per heavy atom. The van der Waals surface area contributed by atoms with Crippen LogP contribution in [0.1, 0.15) is 12.8 Å². The van der Waals surface area contributed by atoms with Gasteiger partial charge in [-0.05, 0) is 18.9 Å². The van der Waals surface area contributed by atoms with E-state index in [4.69, 9.17) is 0 Å². The minimum atomic E-state index is -4.42. The van der Waals surface area contributed by atoms with E-state index in [9.17, 15) is 22.8 Å². The number of halogens is 3. The van der Waals surface area contributed by atoms with Crippen LogP contribution in [0.25, 0.3) is 0 Å². The van der Waals surface area contributed by atoms with Gasteiger partial charge in [-0.1, -0.05) is 6.08 Å². The lowest BCUT2D eigenvalue weighted by atomic mass is 9.98. The number of hydrogen-bond donors (Lipinski definition) is 3. The van der Waals surface area contributed by atoms with E-state index in [1.54, 1.807) is 0 Å². The molecule has 0 saturated carbocycles. The van der Waals surface area contributed by atoms with Crippen molar-refractivity contribution in [2.45, 2.75) is 25.1 Å². The van der Waals surface area contributed by atoms with Crippen molar-refractivity contribution in [1.82, 2.24) is 16.0 Å². The van der Waals surface area contributed by atoms with E-state index in [2.05, 4.69) is 16.0 Å². The molecule has 0 radical (unpaired) electrons. The first-order valence-corrected chi connectivity index (χ1v) is 6.62. The van der Waals surface area contributed by atoms with Crippen LogP contribution in [0.2, 0.25) is 0 Å². The Balaban J connectivity index is 1.84. The Morgan fingerprint density at radius 1 is 1.33 bits per heavy atom. The molecule has 1 saturated heterocycles. The molecule has 2 amide bonds. The molecule has 8 heteroatoms. The van der Waals surface area contributed by atoms with Gasteiger partial charge in [-0.3, -0.25) is 9.59 Å². The molecular formula is C13H16F3N3O2. The highest BCUT2D eigenvalue weighted by Crippen LogP contribution is 2.32. The van der Waals surface area contributed by atoms with Crippen LogP contribution in [0, 0.1) is 0 Å². The van der Waals surface area contributed by atoms with Gasteiger partial charge in [-0.15, -0.1) is 0 Å². The maximum absolute atomic E-state index is 12.6. The molecule has 0 spiro atoms. The average molecular weight is 303 g/mol. The van der Waals surface area contributed by atoms with Crippen molar-refractivity contribution in [3.63, 3.8) is 0 Å². The van der Waals surface area contributed by atoms with Crippen molar-refractivity contribution in [2.75, 3.05) is 19.6 Å². The molecule has 0 atom stereocenters.